The zero-order chi connectivity index (χ0) is 18.2. The molecule has 2 aromatic rings. The number of hydrogen-bond donors (Lipinski definition) is 2. The lowest BCUT2D eigenvalue weighted by atomic mass is 10.2. The van der Waals surface area contributed by atoms with Gasteiger partial charge in [0.15, 0.2) is 0 Å². The van der Waals surface area contributed by atoms with Gasteiger partial charge in [0, 0.05) is 18.2 Å². The zero-order valence-corrected chi connectivity index (χ0v) is 14.2. The predicted molar refractivity (Wildman–Crippen MR) is 97.4 cm³/mol. The Kier molecular flexibility index (Phi) is 6.17. The van der Waals surface area contributed by atoms with Crippen molar-refractivity contribution in [1.29, 1.82) is 0 Å². The van der Waals surface area contributed by atoms with Crippen LogP contribution in [0.2, 0.25) is 0 Å². The SMILES string of the molecule is C=CCOc1ccc(C(=O)Nc2cc(NC(C)=O)ccc2OC)cc1. The van der Waals surface area contributed by atoms with Crippen molar-refractivity contribution in [2.75, 3.05) is 24.4 Å². The van der Waals surface area contributed by atoms with E-state index in [4.69, 9.17) is 9.47 Å². The van der Waals surface area contributed by atoms with E-state index in [1.54, 1.807) is 48.5 Å². The molecule has 0 radical (unpaired) electrons. The molecule has 0 saturated heterocycles. The van der Waals surface area contributed by atoms with Crippen LogP contribution in [0, 0.1) is 0 Å². The molecule has 0 unspecified atom stereocenters. The second kappa shape index (κ2) is 8.54. The highest BCUT2D eigenvalue weighted by Crippen LogP contribution is 2.28. The van der Waals surface area contributed by atoms with Crippen LogP contribution >= 0.6 is 0 Å². The summed E-state index contributed by atoms with van der Waals surface area (Å²) in [5, 5.41) is 5.45. The van der Waals surface area contributed by atoms with E-state index in [1.807, 2.05) is 0 Å². The molecule has 2 N–H and O–H groups in total. The summed E-state index contributed by atoms with van der Waals surface area (Å²) in [6.07, 6.45) is 1.65. The van der Waals surface area contributed by atoms with E-state index in [1.165, 1.54) is 14.0 Å². The van der Waals surface area contributed by atoms with Crippen LogP contribution in [0.15, 0.2) is 55.1 Å². The molecule has 6 heteroatoms. The maximum Gasteiger partial charge on any atom is 0.255 e. The van der Waals surface area contributed by atoms with E-state index in [0.717, 1.165) is 0 Å². The summed E-state index contributed by atoms with van der Waals surface area (Å²) in [5.74, 6) is 0.654. The lowest BCUT2D eigenvalue weighted by molar-refractivity contribution is -0.114. The van der Waals surface area contributed by atoms with E-state index in [-0.39, 0.29) is 11.8 Å². The molecule has 130 valence electrons. The molecule has 0 atom stereocenters. The number of methoxy groups -OCH3 is 1. The van der Waals surface area contributed by atoms with Crippen molar-refractivity contribution in [3.63, 3.8) is 0 Å². The van der Waals surface area contributed by atoms with Gasteiger partial charge in [0.25, 0.3) is 5.91 Å². The van der Waals surface area contributed by atoms with Gasteiger partial charge in [-0.3, -0.25) is 9.59 Å². The number of carbonyl (C=O) groups is 2. The number of hydrogen-bond acceptors (Lipinski definition) is 4. The van der Waals surface area contributed by atoms with Gasteiger partial charge in [-0.05, 0) is 42.5 Å². The van der Waals surface area contributed by atoms with Gasteiger partial charge in [-0.25, -0.2) is 0 Å². The Bertz CT molecular complexity index is 769. The van der Waals surface area contributed by atoms with Crippen LogP contribution in [-0.4, -0.2) is 25.5 Å². The number of nitrogens with one attached hydrogen (secondary N) is 2. The third kappa shape index (κ3) is 5.10. The van der Waals surface area contributed by atoms with Crippen LogP contribution in [0.4, 0.5) is 11.4 Å². The van der Waals surface area contributed by atoms with E-state index in [0.29, 0.717) is 35.0 Å². The van der Waals surface area contributed by atoms with Crippen molar-refractivity contribution >= 4 is 23.2 Å². The Labute approximate surface area is 146 Å². The molecule has 0 heterocycles. The molecule has 0 spiro atoms. The molecule has 25 heavy (non-hydrogen) atoms. The van der Waals surface area contributed by atoms with Gasteiger partial charge in [0.1, 0.15) is 18.1 Å². The second-order valence-electron chi connectivity index (χ2n) is 5.17. The van der Waals surface area contributed by atoms with Crippen molar-refractivity contribution in [2.45, 2.75) is 6.92 Å². The molecule has 2 amide bonds. The van der Waals surface area contributed by atoms with Crippen molar-refractivity contribution in [2.24, 2.45) is 0 Å². The minimum absolute atomic E-state index is 0.197. The van der Waals surface area contributed by atoms with E-state index < -0.39 is 0 Å². The monoisotopic (exact) mass is 340 g/mol. The third-order valence-corrected chi connectivity index (χ3v) is 3.25. The first-order valence-electron chi connectivity index (χ1n) is 7.64. The molecule has 0 aliphatic heterocycles. The van der Waals surface area contributed by atoms with Crippen molar-refractivity contribution in [3.8, 4) is 11.5 Å². The predicted octanol–water partition coefficient (Wildman–Crippen LogP) is 3.47. The van der Waals surface area contributed by atoms with Crippen LogP contribution in [0.3, 0.4) is 0 Å². The first-order chi connectivity index (χ1) is 12.0. The maximum atomic E-state index is 12.4. The highest BCUT2D eigenvalue weighted by atomic mass is 16.5. The highest BCUT2D eigenvalue weighted by Gasteiger charge is 2.11. The van der Waals surface area contributed by atoms with Gasteiger partial charge in [-0.1, -0.05) is 12.7 Å². The summed E-state index contributed by atoms with van der Waals surface area (Å²) < 4.78 is 10.6. The molecule has 0 aliphatic carbocycles. The van der Waals surface area contributed by atoms with E-state index in [2.05, 4.69) is 17.2 Å². The third-order valence-electron chi connectivity index (χ3n) is 3.25. The lowest BCUT2D eigenvalue weighted by Gasteiger charge is -2.12. The first-order valence-corrected chi connectivity index (χ1v) is 7.64. The molecule has 0 saturated carbocycles. The number of anilines is 2. The van der Waals surface area contributed by atoms with Crippen LogP contribution in [-0.2, 0) is 4.79 Å². The molecular weight excluding hydrogens is 320 g/mol. The fourth-order valence-electron chi connectivity index (χ4n) is 2.14. The maximum absolute atomic E-state index is 12.4. The standard InChI is InChI=1S/C19H20N2O4/c1-4-11-25-16-8-5-14(6-9-16)19(23)21-17-12-15(20-13(2)22)7-10-18(17)24-3/h4-10,12H,1,11H2,2-3H3,(H,20,22)(H,21,23). The molecule has 0 fully saturated rings. The minimum atomic E-state index is -0.298. The Hall–Kier alpha value is -3.28. The Morgan fingerprint density at radius 2 is 1.84 bits per heavy atom. The summed E-state index contributed by atoms with van der Waals surface area (Å²) in [4.78, 5) is 23.6. The van der Waals surface area contributed by atoms with Gasteiger partial charge in [0.2, 0.25) is 5.91 Å². The topological polar surface area (TPSA) is 76.7 Å². The van der Waals surface area contributed by atoms with Gasteiger partial charge < -0.3 is 20.1 Å². The molecule has 0 aromatic heterocycles. The fourth-order valence-corrected chi connectivity index (χ4v) is 2.14. The Balaban J connectivity index is 2.15. The van der Waals surface area contributed by atoms with Crippen LogP contribution in [0.25, 0.3) is 0 Å². The summed E-state index contributed by atoms with van der Waals surface area (Å²) in [5.41, 5.74) is 1.50. The van der Waals surface area contributed by atoms with Gasteiger partial charge in [0.05, 0.1) is 12.8 Å². The number of amides is 2. The van der Waals surface area contributed by atoms with Crippen molar-refractivity contribution < 1.29 is 19.1 Å². The molecule has 0 bridgehead atoms. The van der Waals surface area contributed by atoms with Gasteiger partial charge >= 0.3 is 0 Å². The molecule has 6 nitrogen and oxygen atoms in total. The van der Waals surface area contributed by atoms with Crippen molar-refractivity contribution in [1.82, 2.24) is 0 Å². The van der Waals surface area contributed by atoms with Crippen LogP contribution < -0.4 is 20.1 Å². The number of benzene rings is 2. The normalized spacial score (nSPS) is 9.84. The van der Waals surface area contributed by atoms with E-state index >= 15 is 0 Å². The fraction of sp³-hybridized carbons (Fsp3) is 0.158. The number of ether oxygens (including phenoxy) is 2. The van der Waals surface area contributed by atoms with E-state index in [9.17, 15) is 9.59 Å². The summed E-state index contributed by atoms with van der Waals surface area (Å²) in [6, 6.07) is 11.8. The summed E-state index contributed by atoms with van der Waals surface area (Å²) in [7, 11) is 1.51. The summed E-state index contributed by atoms with van der Waals surface area (Å²) in [6.45, 7) is 5.40. The second-order valence-corrected chi connectivity index (χ2v) is 5.17. The first kappa shape index (κ1) is 18.1. The van der Waals surface area contributed by atoms with Crippen molar-refractivity contribution in [3.05, 3.63) is 60.7 Å². The van der Waals surface area contributed by atoms with Gasteiger partial charge in [-0.2, -0.15) is 0 Å². The average Bonchev–Trinajstić information content (AvgIpc) is 2.60. The van der Waals surface area contributed by atoms with Gasteiger partial charge in [-0.15, -0.1) is 0 Å². The molecular formula is C19H20N2O4. The van der Waals surface area contributed by atoms with Crippen LogP contribution in [0.1, 0.15) is 17.3 Å². The quantitative estimate of drug-likeness (QED) is 0.757. The van der Waals surface area contributed by atoms with Crippen LogP contribution in [0.5, 0.6) is 11.5 Å². The highest BCUT2D eigenvalue weighted by molar-refractivity contribution is 6.05. The largest absolute Gasteiger partial charge is 0.495 e. The molecule has 2 aromatic carbocycles. The Morgan fingerprint density at radius 1 is 1.12 bits per heavy atom. The summed E-state index contributed by atoms with van der Waals surface area (Å²) >= 11 is 0. The number of rotatable bonds is 7. The zero-order valence-electron chi connectivity index (χ0n) is 14.2. The Morgan fingerprint density at radius 3 is 2.44 bits per heavy atom. The smallest absolute Gasteiger partial charge is 0.255 e. The molecule has 2 rings (SSSR count). The number of carbonyl (C=O) groups excluding carboxylic acids is 2. The lowest BCUT2D eigenvalue weighted by Crippen LogP contribution is -2.13. The molecule has 0 aliphatic rings. The average molecular weight is 340 g/mol. The minimum Gasteiger partial charge on any atom is -0.495 e.